The lowest BCUT2D eigenvalue weighted by Crippen LogP contribution is -2.31. The summed E-state index contributed by atoms with van der Waals surface area (Å²) in [6.07, 6.45) is 2.06. The summed E-state index contributed by atoms with van der Waals surface area (Å²) < 4.78 is 40.6. The topological polar surface area (TPSA) is 112 Å². The average molecular weight is 413 g/mol. The highest BCUT2D eigenvalue weighted by Crippen LogP contribution is 2.27. The Kier molecular flexibility index (Phi) is 8.22. The molecule has 11 heteroatoms. The van der Waals surface area contributed by atoms with Crippen molar-refractivity contribution in [1.82, 2.24) is 15.1 Å². The molecule has 0 radical (unpaired) electrons. The second-order valence-electron chi connectivity index (χ2n) is 6.64. The number of hydrogen-bond acceptors (Lipinski definition) is 4. The van der Waals surface area contributed by atoms with E-state index in [4.69, 9.17) is 5.73 Å². The Hall–Kier alpha value is -2.85. The maximum atomic E-state index is 13.5. The largest absolute Gasteiger partial charge is 0.421 e. The summed E-state index contributed by atoms with van der Waals surface area (Å²) in [5, 5.41) is 8.95. The van der Waals surface area contributed by atoms with Gasteiger partial charge < -0.3 is 16.0 Å². The van der Waals surface area contributed by atoms with Crippen LogP contribution < -0.4 is 11.1 Å². The van der Waals surface area contributed by atoms with Crippen molar-refractivity contribution < 1.29 is 18.0 Å². The van der Waals surface area contributed by atoms with Gasteiger partial charge in [-0.15, -0.1) is 0 Å². The molecule has 29 heavy (non-hydrogen) atoms. The number of amidine groups is 1. The molecule has 0 bridgehead atoms. The maximum Gasteiger partial charge on any atom is 0.421 e. The van der Waals surface area contributed by atoms with Crippen molar-refractivity contribution in [3.05, 3.63) is 23.7 Å². The lowest BCUT2D eigenvalue weighted by molar-refractivity contribution is -0.130. The molecule has 1 aromatic rings. The Balaban J connectivity index is 2.08. The standard InChI is InChI=1S/C18H26F3N7O/c1-13-15(11-26-27-13)24-10-14(18(19,20)21)17(25-12-22)23-7-5-9-28-8-4-2-3-6-16(28)29/h10-12,24H,2-9H2,1H3,(H,26,27)(H2,22,23,25). The van der Waals surface area contributed by atoms with Crippen LogP contribution in [-0.4, -0.2) is 59.0 Å². The zero-order valence-corrected chi connectivity index (χ0v) is 16.3. The van der Waals surface area contributed by atoms with Gasteiger partial charge in [-0.3, -0.25) is 14.9 Å². The zero-order chi connectivity index (χ0) is 21.3. The van der Waals surface area contributed by atoms with E-state index < -0.39 is 17.6 Å². The summed E-state index contributed by atoms with van der Waals surface area (Å²) >= 11 is 0. The number of aromatic nitrogens is 2. The first-order valence-electron chi connectivity index (χ1n) is 9.43. The first-order chi connectivity index (χ1) is 13.8. The van der Waals surface area contributed by atoms with Crippen molar-refractivity contribution in [2.45, 2.75) is 45.2 Å². The number of H-pyrrole nitrogens is 1. The van der Waals surface area contributed by atoms with Crippen LogP contribution in [0, 0.1) is 6.92 Å². The Morgan fingerprint density at radius 2 is 2.21 bits per heavy atom. The second-order valence-corrected chi connectivity index (χ2v) is 6.64. The van der Waals surface area contributed by atoms with Crippen LogP contribution in [0.15, 0.2) is 28.0 Å². The molecule has 1 aliphatic heterocycles. The van der Waals surface area contributed by atoms with E-state index in [2.05, 4.69) is 25.5 Å². The van der Waals surface area contributed by atoms with Gasteiger partial charge in [-0.05, 0) is 26.2 Å². The van der Waals surface area contributed by atoms with Gasteiger partial charge in [-0.2, -0.15) is 18.3 Å². The number of carbonyl (C=O) groups is 1. The summed E-state index contributed by atoms with van der Waals surface area (Å²) in [6.45, 7) is 2.90. The van der Waals surface area contributed by atoms with Gasteiger partial charge in [0.1, 0.15) is 5.57 Å². The number of anilines is 1. The van der Waals surface area contributed by atoms with Crippen LogP contribution in [0.25, 0.3) is 0 Å². The van der Waals surface area contributed by atoms with Crippen LogP contribution in [0.4, 0.5) is 18.9 Å². The predicted molar refractivity (Wildman–Crippen MR) is 106 cm³/mol. The third kappa shape index (κ3) is 6.91. The van der Waals surface area contributed by atoms with Gasteiger partial charge in [0.15, 0.2) is 5.84 Å². The highest BCUT2D eigenvalue weighted by molar-refractivity contribution is 6.03. The number of halogens is 3. The molecule has 0 saturated carbocycles. The van der Waals surface area contributed by atoms with Crippen molar-refractivity contribution in [3.8, 4) is 0 Å². The van der Waals surface area contributed by atoms with E-state index in [0.717, 1.165) is 31.8 Å². The lowest BCUT2D eigenvalue weighted by atomic mass is 10.2. The smallest absolute Gasteiger partial charge is 0.390 e. The molecule has 1 aromatic heterocycles. The fourth-order valence-corrected chi connectivity index (χ4v) is 2.91. The number of hydrogen-bond donors (Lipinski definition) is 3. The Bertz CT molecular complexity index is 768. The first kappa shape index (κ1) is 22.4. The molecule has 0 aliphatic carbocycles. The van der Waals surface area contributed by atoms with Crippen molar-refractivity contribution in [2.75, 3.05) is 25.0 Å². The molecule has 160 valence electrons. The molecule has 1 saturated heterocycles. The highest BCUT2D eigenvalue weighted by atomic mass is 19.4. The van der Waals surface area contributed by atoms with Crippen LogP contribution >= 0.6 is 0 Å². The van der Waals surface area contributed by atoms with Crippen molar-refractivity contribution in [2.24, 2.45) is 15.7 Å². The summed E-state index contributed by atoms with van der Waals surface area (Å²) in [7, 11) is 0. The fourth-order valence-electron chi connectivity index (χ4n) is 2.91. The number of alkyl halides is 3. The highest BCUT2D eigenvalue weighted by Gasteiger charge is 2.37. The maximum absolute atomic E-state index is 13.5. The number of likely N-dealkylation sites (tertiary alicyclic amines) is 1. The van der Waals surface area contributed by atoms with E-state index in [1.807, 2.05) is 0 Å². The van der Waals surface area contributed by atoms with Gasteiger partial charge in [0.05, 0.1) is 23.9 Å². The van der Waals surface area contributed by atoms with Crippen molar-refractivity contribution >= 4 is 23.8 Å². The van der Waals surface area contributed by atoms with Gasteiger partial charge in [0.2, 0.25) is 5.91 Å². The minimum absolute atomic E-state index is 0.0854. The molecule has 0 spiro atoms. The number of nitrogens with zero attached hydrogens (tertiary/aromatic N) is 4. The van der Waals surface area contributed by atoms with Crippen LogP contribution in [0.2, 0.25) is 0 Å². The van der Waals surface area contributed by atoms with Crippen LogP contribution in [-0.2, 0) is 4.79 Å². The van der Waals surface area contributed by atoms with Crippen molar-refractivity contribution in [3.63, 3.8) is 0 Å². The summed E-state index contributed by atoms with van der Waals surface area (Å²) in [6, 6.07) is 0. The molecule has 0 atom stereocenters. The van der Waals surface area contributed by atoms with Gasteiger partial charge in [0.25, 0.3) is 0 Å². The van der Waals surface area contributed by atoms with Gasteiger partial charge in [-0.25, -0.2) is 4.99 Å². The molecule has 4 N–H and O–H groups in total. The third-order valence-electron chi connectivity index (χ3n) is 4.46. The van der Waals surface area contributed by atoms with E-state index in [1.54, 1.807) is 11.8 Å². The molecule has 8 nitrogen and oxygen atoms in total. The number of carbonyl (C=O) groups excluding carboxylic acids is 1. The minimum Gasteiger partial charge on any atom is -0.390 e. The number of aromatic amines is 1. The normalized spacial score (nSPS) is 17.1. The number of aliphatic imine (C=N–C) groups is 2. The minimum atomic E-state index is -4.68. The van der Waals surface area contributed by atoms with E-state index in [9.17, 15) is 18.0 Å². The summed E-state index contributed by atoms with van der Waals surface area (Å²) in [5.74, 6) is -0.432. The lowest BCUT2D eigenvalue weighted by Gasteiger charge is -2.19. The Labute approximate surface area is 167 Å². The van der Waals surface area contributed by atoms with Gasteiger partial charge in [-0.1, -0.05) is 6.42 Å². The number of amides is 1. The van der Waals surface area contributed by atoms with E-state index >= 15 is 0 Å². The molecular formula is C18H26F3N7O. The Morgan fingerprint density at radius 3 is 2.86 bits per heavy atom. The van der Waals surface area contributed by atoms with Crippen molar-refractivity contribution in [1.29, 1.82) is 0 Å². The van der Waals surface area contributed by atoms with E-state index in [1.165, 1.54) is 6.20 Å². The zero-order valence-electron chi connectivity index (χ0n) is 16.3. The molecule has 2 heterocycles. The fraction of sp³-hybridized carbons (Fsp3) is 0.556. The third-order valence-corrected chi connectivity index (χ3v) is 4.46. The quantitative estimate of drug-likeness (QED) is 0.362. The van der Waals surface area contributed by atoms with E-state index in [-0.39, 0.29) is 12.5 Å². The Morgan fingerprint density at radius 1 is 1.41 bits per heavy atom. The summed E-state index contributed by atoms with van der Waals surface area (Å²) in [5.41, 5.74) is 5.17. The molecule has 2 rings (SSSR count). The monoisotopic (exact) mass is 413 g/mol. The molecule has 1 fully saturated rings. The summed E-state index contributed by atoms with van der Waals surface area (Å²) in [4.78, 5) is 21.3. The first-order valence-corrected chi connectivity index (χ1v) is 9.43. The van der Waals surface area contributed by atoms with Gasteiger partial charge in [0, 0.05) is 32.3 Å². The molecule has 0 unspecified atom stereocenters. The number of aryl methyl sites for hydroxylation is 1. The molecule has 0 aromatic carbocycles. The molecule has 1 amide bonds. The second kappa shape index (κ2) is 10.6. The number of nitrogens with two attached hydrogens (primary N) is 1. The van der Waals surface area contributed by atoms with Gasteiger partial charge >= 0.3 is 6.18 Å². The predicted octanol–water partition coefficient (Wildman–Crippen LogP) is 2.75. The van der Waals surface area contributed by atoms with E-state index in [0.29, 0.717) is 37.3 Å². The van der Waals surface area contributed by atoms with Crippen LogP contribution in [0.5, 0.6) is 0 Å². The van der Waals surface area contributed by atoms with Crippen LogP contribution in [0.3, 0.4) is 0 Å². The molecular weight excluding hydrogens is 387 g/mol. The number of nitrogens with one attached hydrogen (secondary N) is 2. The average Bonchev–Trinajstić information content (AvgIpc) is 2.95. The molecule has 1 aliphatic rings. The number of rotatable bonds is 7. The van der Waals surface area contributed by atoms with Crippen LogP contribution in [0.1, 0.15) is 37.8 Å². The SMILES string of the molecule is Cc1[nH]ncc1NC=C(C(N=CN)=NCCCN1CCCCCC1=O)C(F)(F)F.